The van der Waals surface area contributed by atoms with Crippen LogP contribution >= 0.6 is 7.82 Å². The van der Waals surface area contributed by atoms with Gasteiger partial charge in [0.15, 0.2) is 35.6 Å². The number of hydrogen-bond acceptors (Lipinski definition) is 16. The maximum atomic E-state index is 14.5. The summed E-state index contributed by atoms with van der Waals surface area (Å²) in [4.78, 5) is 13.9. The molecule has 17 heteroatoms. The zero-order valence-corrected chi connectivity index (χ0v) is 33.8. The summed E-state index contributed by atoms with van der Waals surface area (Å²) in [5, 5.41) is 22.4. The van der Waals surface area contributed by atoms with Crippen LogP contribution in [-0.4, -0.2) is 87.4 Å². The van der Waals surface area contributed by atoms with Gasteiger partial charge in [0.1, 0.15) is 24.4 Å². The van der Waals surface area contributed by atoms with E-state index in [1.807, 2.05) is 60.7 Å². The van der Waals surface area contributed by atoms with Crippen molar-refractivity contribution in [1.29, 1.82) is 0 Å². The van der Waals surface area contributed by atoms with Crippen LogP contribution in [-0.2, 0) is 55.3 Å². The van der Waals surface area contributed by atoms with Gasteiger partial charge in [-0.05, 0) is 59.0 Å². The minimum atomic E-state index is -4.38. The molecule has 4 heterocycles. The molecule has 5 aliphatic rings. The molecule has 2 N–H and O–H groups in total. The summed E-state index contributed by atoms with van der Waals surface area (Å²) in [5.41, 5.74) is 3.30. The van der Waals surface area contributed by atoms with Gasteiger partial charge in [-0.25, -0.2) is 4.57 Å². The maximum absolute atomic E-state index is 14.5. The van der Waals surface area contributed by atoms with Gasteiger partial charge in [0.05, 0.1) is 52.7 Å². The molecule has 9 rings (SSSR count). The van der Waals surface area contributed by atoms with E-state index in [-0.39, 0.29) is 50.5 Å². The lowest BCUT2D eigenvalue weighted by Gasteiger charge is -2.47. The minimum Gasteiger partial charge on any atom is -0.493 e. The van der Waals surface area contributed by atoms with E-state index in [1.165, 1.54) is 14.2 Å². The number of fused-ring (bicyclic) bond motifs is 4. The van der Waals surface area contributed by atoms with Crippen LogP contribution in [0.3, 0.4) is 0 Å². The fourth-order valence-electron chi connectivity index (χ4n) is 8.47. The molecule has 0 spiro atoms. The smallest absolute Gasteiger partial charge is 0.493 e. The van der Waals surface area contributed by atoms with Gasteiger partial charge in [-0.1, -0.05) is 60.7 Å². The number of carbonyl (C=O) groups is 1. The van der Waals surface area contributed by atoms with Crippen LogP contribution < -0.4 is 23.5 Å². The molecule has 16 nitrogen and oxygen atoms in total. The highest BCUT2D eigenvalue weighted by Crippen LogP contribution is 2.59. The number of rotatable bonds is 13. The number of benzene rings is 4. The van der Waals surface area contributed by atoms with Crippen LogP contribution in [0.5, 0.6) is 28.7 Å². The summed E-state index contributed by atoms with van der Waals surface area (Å²) in [6.45, 7) is 1.61. The van der Waals surface area contributed by atoms with Crippen molar-refractivity contribution in [3.63, 3.8) is 0 Å². The van der Waals surface area contributed by atoms with Crippen LogP contribution in [0.1, 0.15) is 46.8 Å². The second-order valence-corrected chi connectivity index (χ2v) is 16.6. The molecule has 4 aromatic rings. The molecule has 10 atom stereocenters. The summed E-state index contributed by atoms with van der Waals surface area (Å²) in [7, 11) is -1.54. The Balaban J connectivity index is 1.08. The Hall–Kier alpha value is -4.74. The van der Waals surface area contributed by atoms with E-state index in [2.05, 4.69) is 0 Å². The van der Waals surface area contributed by atoms with Crippen molar-refractivity contribution in [2.24, 2.45) is 11.8 Å². The lowest BCUT2D eigenvalue weighted by atomic mass is 9.66. The van der Waals surface area contributed by atoms with E-state index < -0.39 is 74.6 Å². The first-order chi connectivity index (χ1) is 29.1. The number of phosphoric acid groups is 1. The highest BCUT2D eigenvalue weighted by molar-refractivity contribution is 7.48. The highest BCUT2D eigenvalue weighted by Gasteiger charge is 2.56. The van der Waals surface area contributed by atoms with Gasteiger partial charge in [-0.3, -0.25) is 13.8 Å². The molecule has 1 unspecified atom stereocenters. The van der Waals surface area contributed by atoms with Crippen molar-refractivity contribution in [1.82, 2.24) is 0 Å². The minimum absolute atomic E-state index is 0.0180. The zero-order chi connectivity index (χ0) is 41.5. The molecular weight excluding hydrogens is 803 g/mol. The Morgan fingerprint density at radius 3 is 2.00 bits per heavy atom. The van der Waals surface area contributed by atoms with Gasteiger partial charge >= 0.3 is 13.8 Å². The number of hydrogen-bond donors (Lipinski definition) is 2. The molecule has 318 valence electrons. The number of esters is 1. The van der Waals surface area contributed by atoms with Crippen molar-refractivity contribution >= 4 is 13.8 Å². The maximum Gasteiger partial charge on any atom is 0.530 e. The predicted molar refractivity (Wildman–Crippen MR) is 207 cm³/mol. The Kier molecular flexibility index (Phi) is 11.5. The monoisotopic (exact) mass is 848 g/mol. The van der Waals surface area contributed by atoms with E-state index in [9.17, 15) is 19.6 Å². The van der Waals surface area contributed by atoms with Crippen LogP contribution in [0.25, 0.3) is 0 Å². The van der Waals surface area contributed by atoms with Gasteiger partial charge in [0, 0.05) is 11.8 Å². The van der Waals surface area contributed by atoms with E-state index in [4.69, 9.17) is 56.2 Å². The van der Waals surface area contributed by atoms with Crippen LogP contribution in [0.4, 0.5) is 0 Å². The molecule has 3 saturated heterocycles. The first kappa shape index (κ1) is 40.7. The van der Waals surface area contributed by atoms with E-state index in [0.717, 1.165) is 11.1 Å². The average molecular weight is 849 g/mol. The van der Waals surface area contributed by atoms with Gasteiger partial charge in [0.25, 0.3) is 0 Å². The van der Waals surface area contributed by atoms with E-state index >= 15 is 0 Å². The molecule has 3 fully saturated rings. The number of ether oxygens (including phenoxy) is 9. The zero-order valence-electron chi connectivity index (χ0n) is 32.9. The summed E-state index contributed by atoms with van der Waals surface area (Å²) in [6, 6.07) is 25.3. The summed E-state index contributed by atoms with van der Waals surface area (Å²) in [6.07, 6.45) is -7.18. The first-order valence-corrected chi connectivity index (χ1v) is 21.1. The number of aliphatic hydroxyl groups excluding tert-OH is 2. The number of methoxy groups -OCH3 is 2. The topological polar surface area (TPSA) is 185 Å². The molecule has 4 aromatic carbocycles. The Morgan fingerprint density at radius 2 is 1.38 bits per heavy atom. The molecule has 1 aliphatic carbocycles. The van der Waals surface area contributed by atoms with Gasteiger partial charge in [-0.15, -0.1) is 0 Å². The number of aliphatic hydroxyl groups is 2. The Labute approximate surface area is 345 Å². The van der Waals surface area contributed by atoms with Crippen molar-refractivity contribution < 1.29 is 75.8 Å². The highest BCUT2D eigenvalue weighted by atomic mass is 31.2. The van der Waals surface area contributed by atoms with Crippen molar-refractivity contribution in [3.05, 3.63) is 113 Å². The standard InChI is InChI=1S/C43H45O16P/c1-23-50-21-34-41(56-23)37(44)38(45)43(57-34)58-39-28-17-31-30(52-22-53-31)16-27(28)35(36-29(39)20-51-42(36)46)26-14-32(48-2)40(33(15-26)49-3)59-60(47,54-18-24-10-6-4-7-11-24)55-19-25-12-8-5-9-13-25/h4-17,23,29,34-39,41,43-45H,18-22H2,1-3H3/t23?,29-,34+,35+,36-,37+,38+,39+,41+,43-/m0/s1. The average Bonchev–Trinajstić information content (AvgIpc) is 3.90. The molecule has 0 radical (unpaired) electrons. The van der Waals surface area contributed by atoms with Crippen LogP contribution in [0.2, 0.25) is 0 Å². The third kappa shape index (κ3) is 7.83. The Morgan fingerprint density at radius 1 is 0.767 bits per heavy atom. The molecule has 60 heavy (non-hydrogen) atoms. The third-order valence-electron chi connectivity index (χ3n) is 11.4. The first-order valence-electron chi connectivity index (χ1n) is 19.6. The SMILES string of the molecule is COc1cc([C@@H]2c3cc4c(cc3[C@@H](O[C@@H]3O[C@@H]5COC(C)O[C@H]5[C@H](O)[C@H]3O)[C@H]3COC(=O)[C@H]23)OCO4)cc(OC)c1OP(=O)(OCc1ccccc1)OCc1ccccc1. The molecule has 0 aromatic heterocycles. The molecule has 0 amide bonds. The summed E-state index contributed by atoms with van der Waals surface area (Å²) >= 11 is 0. The second-order valence-electron chi connectivity index (χ2n) is 15.0. The van der Waals surface area contributed by atoms with E-state index in [0.29, 0.717) is 28.2 Å². The fourth-order valence-corrected chi connectivity index (χ4v) is 9.67. The second kappa shape index (κ2) is 17.0. The van der Waals surface area contributed by atoms with Gasteiger partial charge < -0.3 is 57.4 Å². The van der Waals surface area contributed by atoms with Crippen molar-refractivity contribution in [2.45, 2.75) is 69.2 Å². The number of carbonyl (C=O) groups excluding carboxylic acids is 1. The quantitative estimate of drug-likeness (QED) is 0.126. The molecule has 4 aliphatic heterocycles. The van der Waals surface area contributed by atoms with Crippen LogP contribution in [0.15, 0.2) is 84.9 Å². The van der Waals surface area contributed by atoms with Crippen LogP contribution in [0, 0.1) is 11.8 Å². The normalized spacial score (nSPS) is 29.2. The number of phosphoric ester groups is 1. The summed E-state index contributed by atoms with van der Waals surface area (Å²) in [5.74, 6) is -1.53. The predicted octanol–water partition coefficient (Wildman–Crippen LogP) is 5.55. The fraction of sp³-hybridized carbons (Fsp3) is 0.419. The molecular formula is C43H45O16P. The largest absolute Gasteiger partial charge is 0.530 e. The number of cyclic esters (lactones) is 1. The lowest BCUT2D eigenvalue weighted by Crippen LogP contribution is -2.63. The lowest BCUT2D eigenvalue weighted by molar-refractivity contribution is -0.364. The molecule has 0 saturated carbocycles. The van der Waals surface area contributed by atoms with Gasteiger partial charge in [-0.2, -0.15) is 0 Å². The van der Waals surface area contributed by atoms with Crippen molar-refractivity contribution in [2.75, 3.05) is 34.2 Å². The van der Waals surface area contributed by atoms with Gasteiger partial charge in [0.2, 0.25) is 12.5 Å². The summed E-state index contributed by atoms with van der Waals surface area (Å²) < 4.78 is 85.7. The van der Waals surface area contributed by atoms with E-state index in [1.54, 1.807) is 31.2 Å². The molecule has 0 bridgehead atoms. The Bertz CT molecular complexity index is 2150. The third-order valence-corrected chi connectivity index (χ3v) is 12.7. The van der Waals surface area contributed by atoms with Crippen molar-refractivity contribution in [3.8, 4) is 28.7 Å².